The zero-order chi connectivity index (χ0) is 12.4. The molecule has 3 nitrogen and oxygen atoms in total. The van der Waals surface area contributed by atoms with Crippen LogP contribution in [0.4, 0.5) is 4.39 Å². The number of nitrogens with one attached hydrogen (secondary N) is 1. The normalized spacial score (nSPS) is 19.3. The van der Waals surface area contributed by atoms with E-state index in [9.17, 15) is 4.39 Å². The molecular formula is C14H15FN2O. The Bertz CT molecular complexity index is 532. The lowest BCUT2D eigenvalue weighted by molar-refractivity contribution is 0.370. The van der Waals surface area contributed by atoms with Gasteiger partial charge in [-0.3, -0.25) is 0 Å². The first-order valence-electron chi connectivity index (χ1n) is 6.26. The lowest BCUT2D eigenvalue weighted by Crippen LogP contribution is -2.23. The third-order valence-corrected chi connectivity index (χ3v) is 3.40. The van der Waals surface area contributed by atoms with Gasteiger partial charge in [-0.25, -0.2) is 4.39 Å². The van der Waals surface area contributed by atoms with E-state index in [-0.39, 0.29) is 5.82 Å². The first-order chi connectivity index (χ1) is 8.84. The highest BCUT2D eigenvalue weighted by molar-refractivity contribution is 5.65. The largest absolute Gasteiger partial charge is 0.361 e. The van der Waals surface area contributed by atoms with E-state index in [1.54, 1.807) is 18.3 Å². The van der Waals surface area contributed by atoms with Gasteiger partial charge in [-0.2, -0.15) is 0 Å². The highest BCUT2D eigenvalue weighted by Crippen LogP contribution is 2.27. The molecule has 2 aromatic rings. The van der Waals surface area contributed by atoms with Crippen molar-refractivity contribution in [1.82, 2.24) is 10.5 Å². The van der Waals surface area contributed by atoms with Gasteiger partial charge < -0.3 is 9.84 Å². The van der Waals surface area contributed by atoms with Crippen molar-refractivity contribution in [2.24, 2.45) is 0 Å². The highest BCUT2D eigenvalue weighted by Gasteiger charge is 2.20. The number of hydrogen-bond donors (Lipinski definition) is 1. The molecule has 1 aromatic heterocycles. The summed E-state index contributed by atoms with van der Waals surface area (Å²) in [5.74, 6) is 0.529. The summed E-state index contributed by atoms with van der Waals surface area (Å²) in [7, 11) is 0. The highest BCUT2D eigenvalue weighted by atomic mass is 19.1. The summed E-state index contributed by atoms with van der Waals surface area (Å²) >= 11 is 0. The van der Waals surface area contributed by atoms with Crippen molar-refractivity contribution in [3.8, 4) is 11.1 Å². The second kappa shape index (κ2) is 4.90. The summed E-state index contributed by atoms with van der Waals surface area (Å²) in [6, 6.07) is 7.14. The fourth-order valence-corrected chi connectivity index (χ4v) is 2.47. The molecule has 1 aliphatic rings. The van der Waals surface area contributed by atoms with Crippen molar-refractivity contribution in [3.05, 3.63) is 42.0 Å². The van der Waals surface area contributed by atoms with E-state index >= 15 is 0 Å². The minimum absolute atomic E-state index is 0.235. The summed E-state index contributed by atoms with van der Waals surface area (Å²) in [6.45, 7) is 1.05. The van der Waals surface area contributed by atoms with Gasteiger partial charge in [-0.05, 0) is 25.5 Å². The maximum Gasteiger partial charge on any atom is 0.146 e. The Morgan fingerprint density at radius 1 is 1.33 bits per heavy atom. The van der Waals surface area contributed by atoms with E-state index in [4.69, 9.17) is 4.52 Å². The predicted molar refractivity (Wildman–Crippen MR) is 66.6 cm³/mol. The molecule has 18 heavy (non-hydrogen) atoms. The van der Waals surface area contributed by atoms with Crippen LogP contribution in [0.1, 0.15) is 18.6 Å². The Morgan fingerprint density at radius 3 is 3.00 bits per heavy atom. The molecule has 0 amide bonds. The van der Waals surface area contributed by atoms with Crippen LogP contribution in [0, 0.1) is 5.82 Å². The Kier molecular flexibility index (Phi) is 3.11. The van der Waals surface area contributed by atoms with E-state index in [1.165, 1.54) is 12.5 Å². The van der Waals surface area contributed by atoms with Crippen LogP contribution in [-0.4, -0.2) is 17.7 Å². The molecule has 0 bridgehead atoms. The Labute approximate surface area is 105 Å². The number of benzene rings is 1. The molecule has 0 aliphatic carbocycles. The fourth-order valence-electron chi connectivity index (χ4n) is 2.47. The Morgan fingerprint density at radius 2 is 2.22 bits per heavy atom. The number of rotatable bonds is 3. The van der Waals surface area contributed by atoms with Gasteiger partial charge in [0.2, 0.25) is 0 Å². The smallest absolute Gasteiger partial charge is 0.146 e. The summed E-state index contributed by atoms with van der Waals surface area (Å²) in [6.07, 6.45) is 4.69. The zero-order valence-electron chi connectivity index (χ0n) is 10.0. The van der Waals surface area contributed by atoms with Gasteiger partial charge in [-0.1, -0.05) is 23.4 Å². The molecular weight excluding hydrogens is 231 g/mol. The maximum absolute atomic E-state index is 13.8. The van der Waals surface area contributed by atoms with Crippen molar-refractivity contribution in [2.75, 3.05) is 6.54 Å². The first-order valence-corrected chi connectivity index (χ1v) is 6.26. The summed E-state index contributed by atoms with van der Waals surface area (Å²) in [5.41, 5.74) is 1.33. The Balaban J connectivity index is 1.89. The summed E-state index contributed by atoms with van der Waals surface area (Å²) in [5, 5.41) is 7.22. The van der Waals surface area contributed by atoms with Crippen LogP contribution in [0.3, 0.4) is 0 Å². The van der Waals surface area contributed by atoms with Gasteiger partial charge in [0.15, 0.2) is 0 Å². The molecule has 0 spiro atoms. The number of nitrogens with zero attached hydrogens (tertiary/aromatic N) is 1. The van der Waals surface area contributed by atoms with E-state index < -0.39 is 0 Å². The van der Waals surface area contributed by atoms with Gasteiger partial charge in [0, 0.05) is 23.6 Å². The first kappa shape index (κ1) is 11.4. The molecule has 3 rings (SSSR count). The number of hydrogen-bond acceptors (Lipinski definition) is 3. The topological polar surface area (TPSA) is 38.1 Å². The van der Waals surface area contributed by atoms with E-state index in [0.29, 0.717) is 11.6 Å². The van der Waals surface area contributed by atoms with Crippen molar-refractivity contribution in [1.29, 1.82) is 0 Å². The van der Waals surface area contributed by atoms with Crippen LogP contribution >= 0.6 is 0 Å². The van der Waals surface area contributed by atoms with Gasteiger partial charge in [0.1, 0.15) is 11.6 Å². The molecule has 1 atom stereocenters. The lowest BCUT2D eigenvalue weighted by atomic mass is 10.0. The molecule has 4 heteroatoms. The second-order valence-corrected chi connectivity index (χ2v) is 4.64. The lowest BCUT2D eigenvalue weighted by Gasteiger charge is -2.08. The Hall–Kier alpha value is -1.68. The van der Waals surface area contributed by atoms with Crippen LogP contribution in [0.25, 0.3) is 11.1 Å². The average Bonchev–Trinajstić information content (AvgIpc) is 3.02. The average molecular weight is 246 g/mol. The monoisotopic (exact) mass is 246 g/mol. The van der Waals surface area contributed by atoms with Crippen LogP contribution < -0.4 is 5.32 Å². The van der Waals surface area contributed by atoms with Crippen molar-refractivity contribution in [3.63, 3.8) is 0 Å². The molecule has 0 radical (unpaired) electrons. The molecule has 1 N–H and O–H groups in total. The summed E-state index contributed by atoms with van der Waals surface area (Å²) in [4.78, 5) is 0. The van der Waals surface area contributed by atoms with Crippen LogP contribution in [0.2, 0.25) is 0 Å². The van der Waals surface area contributed by atoms with E-state index in [0.717, 1.165) is 30.7 Å². The van der Waals surface area contributed by atoms with Gasteiger partial charge in [-0.15, -0.1) is 0 Å². The third kappa shape index (κ3) is 2.16. The van der Waals surface area contributed by atoms with Crippen molar-refractivity contribution < 1.29 is 8.91 Å². The minimum Gasteiger partial charge on any atom is -0.361 e. The molecule has 94 valence electrons. The fraction of sp³-hybridized carbons (Fsp3) is 0.357. The molecule has 0 saturated carbocycles. The molecule has 1 saturated heterocycles. The van der Waals surface area contributed by atoms with Gasteiger partial charge in [0.25, 0.3) is 0 Å². The van der Waals surface area contributed by atoms with Gasteiger partial charge >= 0.3 is 0 Å². The van der Waals surface area contributed by atoms with Gasteiger partial charge in [0.05, 0.1) is 6.20 Å². The van der Waals surface area contributed by atoms with Crippen molar-refractivity contribution >= 4 is 0 Å². The third-order valence-electron chi connectivity index (χ3n) is 3.40. The van der Waals surface area contributed by atoms with E-state index in [1.807, 2.05) is 6.07 Å². The number of aromatic nitrogens is 1. The quantitative estimate of drug-likeness (QED) is 0.905. The van der Waals surface area contributed by atoms with Crippen molar-refractivity contribution in [2.45, 2.75) is 25.3 Å². The summed E-state index contributed by atoms with van der Waals surface area (Å²) < 4.78 is 19.0. The standard InChI is InChI=1S/C14H15FN2O/c15-13-6-2-1-5-11(13)12-9-17-18-14(12)8-10-4-3-7-16-10/h1-2,5-6,9-10,16H,3-4,7-8H2. The second-order valence-electron chi connectivity index (χ2n) is 4.64. The molecule has 1 aromatic carbocycles. The van der Waals surface area contributed by atoms with Crippen LogP contribution in [0.5, 0.6) is 0 Å². The predicted octanol–water partition coefficient (Wildman–Crippen LogP) is 2.78. The SMILES string of the molecule is Fc1ccccc1-c1cnoc1CC1CCCN1. The molecule has 1 fully saturated rings. The molecule has 1 aliphatic heterocycles. The van der Waals surface area contributed by atoms with Crippen LogP contribution in [0.15, 0.2) is 35.0 Å². The number of halogens is 1. The maximum atomic E-state index is 13.8. The molecule has 2 heterocycles. The zero-order valence-corrected chi connectivity index (χ0v) is 10.0. The minimum atomic E-state index is -0.235. The van der Waals surface area contributed by atoms with Crippen LogP contribution in [-0.2, 0) is 6.42 Å². The molecule has 1 unspecified atom stereocenters. The van der Waals surface area contributed by atoms with E-state index in [2.05, 4.69) is 10.5 Å².